The first kappa shape index (κ1) is 21.5. The van der Waals surface area contributed by atoms with E-state index in [0.717, 1.165) is 0 Å². The zero-order valence-corrected chi connectivity index (χ0v) is 19.4. The smallest absolute Gasteiger partial charge is 0.291 e. The molecular formula is C14H14I3N3O4. The van der Waals surface area contributed by atoms with Crippen molar-refractivity contribution in [1.82, 2.24) is 10.6 Å². The van der Waals surface area contributed by atoms with Gasteiger partial charge in [-0.05, 0) is 67.8 Å². The van der Waals surface area contributed by atoms with Crippen molar-refractivity contribution in [2.45, 2.75) is 13.3 Å². The number of anilines is 1. The monoisotopic (exact) mass is 669 g/mol. The summed E-state index contributed by atoms with van der Waals surface area (Å²) in [6.45, 7) is 1.58. The molecule has 0 fully saturated rings. The van der Waals surface area contributed by atoms with Crippen LogP contribution in [0.5, 0.6) is 0 Å². The number of nitrogens with one attached hydrogen (secondary N) is 3. The standard InChI is InChI=1S/C14H14I3N3O4/c1-4-5(21)12(22)20-11-9(16)6(13(23)18-2)8(15)7(10(11)17)14(24)19-3/h4H2,1-3H3,(H,18,23)(H,19,24)(H,20,22). The maximum Gasteiger partial charge on any atom is 0.291 e. The molecule has 0 aliphatic carbocycles. The Morgan fingerprint density at radius 3 is 1.58 bits per heavy atom. The van der Waals surface area contributed by atoms with Crippen molar-refractivity contribution in [3.05, 3.63) is 21.8 Å². The normalized spacial score (nSPS) is 10.1. The number of carbonyl (C=O) groups is 4. The van der Waals surface area contributed by atoms with Crippen LogP contribution in [-0.4, -0.2) is 37.6 Å². The highest BCUT2D eigenvalue weighted by Crippen LogP contribution is 2.35. The largest absolute Gasteiger partial charge is 0.355 e. The van der Waals surface area contributed by atoms with Crippen LogP contribution < -0.4 is 16.0 Å². The number of hydrogen-bond donors (Lipinski definition) is 3. The highest BCUT2D eigenvalue weighted by Gasteiger charge is 2.28. The highest BCUT2D eigenvalue weighted by molar-refractivity contribution is 14.1. The molecule has 0 aliphatic heterocycles. The zero-order valence-electron chi connectivity index (χ0n) is 13.0. The van der Waals surface area contributed by atoms with E-state index in [-0.39, 0.29) is 35.0 Å². The van der Waals surface area contributed by atoms with E-state index in [1.54, 1.807) is 6.92 Å². The van der Waals surface area contributed by atoms with Crippen LogP contribution in [0.2, 0.25) is 0 Å². The van der Waals surface area contributed by atoms with Crippen molar-refractivity contribution in [3.8, 4) is 0 Å². The predicted octanol–water partition coefficient (Wildman–Crippen LogP) is 2.14. The fourth-order valence-electron chi connectivity index (χ4n) is 1.77. The van der Waals surface area contributed by atoms with Crippen LogP contribution >= 0.6 is 67.8 Å². The lowest BCUT2D eigenvalue weighted by atomic mass is 10.1. The molecule has 1 aromatic carbocycles. The molecule has 0 aromatic heterocycles. The average molecular weight is 669 g/mol. The summed E-state index contributed by atoms with van der Waals surface area (Å²) in [7, 11) is 2.95. The van der Waals surface area contributed by atoms with E-state index in [2.05, 4.69) is 16.0 Å². The van der Waals surface area contributed by atoms with Gasteiger partial charge in [0.15, 0.2) is 0 Å². The number of carbonyl (C=O) groups excluding carboxylic acids is 4. The molecule has 0 radical (unpaired) electrons. The second kappa shape index (κ2) is 9.26. The van der Waals surface area contributed by atoms with Gasteiger partial charge in [0.25, 0.3) is 17.7 Å². The van der Waals surface area contributed by atoms with Gasteiger partial charge in [-0.3, -0.25) is 19.2 Å². The van der Waals surface area contributed by atoms with Gasteiger partial charge in [0.2, 0.25) is 5.78 Å². The molecule has 3 N–H and O–H groups in total. The molecule has 0 aliphatic rings. The Morgan fingerprint density at radius 2 is 1.25 bits per heavy atom. The van der Waals surface area contributed by atoms with Crippen LogP contribution in [0.15, 0.2) is 0 Å². The van der Waals surface area contributed by atoms with Crippen LogP contribution in [0.4, 0.5) is 5.69 Å². The van der Waals surface area contributed by atoms with E-state index in [1.165, 1.54) is 14.1 Å². The summed E-state index contributed by atoms with van der Waals surface area (Å²) in [5.74, 6) is -2.13. The summed E-state index contributed by atoms with van der Waals surface area (Å²) in [6, 6.07) is 0. The minimum atomic E-state index is -0.778. The van der Waals surface area contributed by atoms with E-state index in [1.807, 2.05) is 67.8 Å². The molecule has 0 atom stereocenters. The van der Waals surface area contributed by atoms with E-state index in [4.69, 9.17) is 0 Å². The summed E-state index contributed by atoms with van der Waals surface area (Å²) in [6.07, 6.45) is 0.0635. The fourth-order valence-corrected chi connectivity index (χ4v) is 6.18. The third-order valence-corrected chi connectivity index (χ3v) is 6.27. The van der Waals surface area contributed by atoms with Gasteiger partial charge in [0.1, 0.15) is 0 Å². The van der Waals surface area contributed by atoms with Crippen molar-refractivity contribution >= 4 is 97.0 Å². The van der Waals surface area contributed by atoms with Gasteiger partial charge >= 0.3 is 0 Å². The van der Waals surface area contributed by atoms with Crippen molar-refractivity contribution in [3.63, 3.8) is 0 Å². The molecule has 0 heterocycles. The molecule has 0 bridgehead atoms. The van der Waals surface area contributed by atoms with Gasteiger partial charge in [0, 0.05) is 24.1 Å². The van der Waals surface area contributed by atoms with Gasteiger partial charge in [-0.15, -0.1) is 0 Å². The summed E-state index contributed by atoms with van der Waals surface area (Å²) in [4.78, 5) is 48.0. The molecule has 1 aromatic rings. The predicted molar refractivity (Wildman–Crippen MR) is 115 cm³/mol. The quantitative estimate of drug-likeness (QED) is 0.331. The van der Waals surface area contributed by atoms with E-state index < -0.39 is 11.7 Å². The number of rotatable bonds is 5. The van der Waals surface area contributed by atoms with Gasteiger partial charge < -0.3 is 16.0 Å². The minimum Gasteiger partial charge on any atom is -0.355 e. The number of Topliss-reactive ketones (excluding diaryl/α,β-unsaturated/α-hetero) is 1. The molecule has 0 saturated heterocycles. The van der Waals surface area contributed by atoms with E-state index in [0.29, 0.717) is 10.7 Å². The van der Waals surface area contributed by atoms with E-state index >= 15 is 0 Å². The van der Waals surface area contributed by atoms with Gasteiger partial charge in [-0.1, -0.05) is 6.92 Å². The topological polar surface area (TPSA) is 104 Å². The molecule has 7 nitrogen and oxygen atoms in total. The molecule has 0 unspecified atom stereocenters. The average Bonchev–Trinajstić information content (AvgIpc) is 2.56. The third-order valence-electron chi connectivity index (χ3n) is 3.04. The van der Waals surface area contributed by atoms with Crippen LogP contribution in [-0.2, 0) is 9.59 Å². The number of amides is 3. The molecule has 0 saturated carbocycles. The lowest BCUT2D eigenvalue weighted by molar-refractivity contribution is -0.134. The van der Waals surface area contributed by atoms with Crippen molar-refractivity contribution in [1.29, 1.82) is 0 Å². The number of halogens is 3. The van der Waals surface area contributed by atoms with Gasteiger partial charge in [0.05, 0.1) is 24.0 Å². The maximum absolute atomic E-state index is 12.2. The fraction of sp³-hybridized carbons (Fsp3) is 0.286. The summed E-state index contributed by atoms with van der Waals surface area (Å²) in [5.41, 5.74) is 0.828. The van der Waals surface area contributed by atoms with E-state index in [9.17, 15) is 19.2 Å². The Kier molecular flexibility index (Phi) is 8.31. The molecule has 1 rings (SSSR count). The van der Waals surface area contributed by atoms with Crippen molar-refractivity contribution in [2.75, 3.05) is 19.4 Å². The Hall–Kier alpha value is -0.510. The minimum absolute atomic E-state index is 0.0635. The van der Waals surface area contributed by atoms with Crippen LogP contribution in [0.3, 0.4) is 0 Å². The lowest BCUT2D eigenvalue weighted by Gasteiger charge is -2.18. The number of ketones is 1. The molecule has 130 valence electrons. The van der Waals surface area contributed by atoms with Crippen LogP contribution in [0.25, 0.3) is 0 Å². The maximum atomic E-state index is 12.2. The first-order valence-electron chi connectivity index (χ1n) is 6.69. The SMILES string of the molecule is CCC(=O)C(=O)Nc1c(I)c(C(=O)NC)c(I)c(C(=O)NC)c1I. The lowest BCUT2D eigenvalue weighted by Crippen LogP contribution is -2.29. The highest BCUT2D eigenvalue weighted by atomic mass is 127. The van der Waals surface area contributed by atoms with Crippen LogP contribution in [0.1, 0.15) is 34.1 Å². The summed E-state index contributed by atoms with van der Waals surface area (Å²) in [5, 5.41) is 7.57. The Balaban J connectivity index is 3.69. The molecule has 0 spiro atoms. The second-order valence-corrected chi connectivity index (χ2v) is 7.69. The third kappa shape index (κ3) is 4.36. The molecule has 10 heteroatoms. The van der Waals surface area contributed by atoms with Gasteiger partial charge in [-0.25, -0.2) is 0 Å². The van der Waals surface area contributed by atoms with Crippen LogP contribution in [0, 0.1) is 10.7 Å². The summed E-state index contributed by atoms with van der Waals surface area (Å²) >= 11 is 5.78. The van der Waals surface area contributed by atoms with Gasteiger partial charge in [-0.2, -0.15) is 0 Å². The van der Waals surface area contributed by atoms with Crippen molar-refractivity contribution in [2.24, 2.45) is 0 Å². The number of hydrogen-bond acceptors (Lipinski definition) is 4. The molecule has 24 heavy (non-hydrogen) atoms. The molecular weight excluding hydrogens is 655 g/mol. The summed E-state index contributed by atoms with van der Waals surface area (Å²) < 4.78 is 1.40. The molecule has 3 amide bonds. The van der Waals surface area contributed by atoms with Crippen molar-refractivity contribution < 1.29 is 19.2 Å². The first-order valence-corrected chi connectivity index (χ1v) is 9.93. The Morgan fingerprint density at radius 1 is 0.833 bits per heavy atom. The zero-order chi connectivity index (χ0) is 18.6. The Labute approximate surface area is 179 Å². The Bertz CT molecular complexity index is 691. The second-order valence-electron chi connectivity index (χ2n) is 4.46. The first-order chi connectivity index (χ1) is 11.2. The number of benzene rings is 1.